The average molecular weight is 694 g/mol. The molecule has 0 aliphatic carbocycles. The normalized spacial score (nSPS) is 23.0. The molecule has 284 valence electrons. The maximum atomic E-state index is 12.8. The highest BCUT2D eigenvalue weighted by atomic mass is 16.7. The topological polar surface area (TPSA) is 149 Å². The summed E-state index contributed by atoms with van der Waals surface area (Å²) in [4.78, 5) is 12.8. The molecule has 0 aromatic rings. The quantitative estimate of drug-likeness (QED) is 0.0359. The first-order chi connectivity index (χ1) is 23.8. The van der Waals surface area contributed by atoms with Crippen molar-refractivity contribution in [3.63, 3.8) is 0 Å². The first-order valence-electron chi connectivity index (χ1n) is 19.4. The molecule has 1 rings (SSSR count). The Morgan fingerprint density at radius 2 is 1.16 bits per heavy atom. The van der Waals surface area contributed by atoms with E-state index in [9.17, 15) is 30.3 Å². The Kier molecular flexibility index (Phi) is 28.5. The summed E-state index contributed by atoms with van der Waals surface area (Å²) in [6.07, 6.45) is 30.1. The number of aliphatic hydroxyl groups is 5. The van der Waals surface area contributed by atoms with Gasteiger partial charge in [0, 0.05) is 6.42 Å². The molecule has 0 radical (unpaired) electrons. The summed E-state index contributed by atoms with van der Waals surface area (Å²) in [5, 5.41) is 53.8. The lowest BCUT2D eigenvalue weighted by molar-refractivity contribution is -0.302. The van der Waals surface area contributed by atoms with Crippen LogP contribution in [0.4, 0.5) is 0 Å². The SMILES string of the molecule is CCCCC/C=C\CCCCCCCC(=O)NC(COC1OC(CO)C(O)C(O)C1O)C(O)/C=C/CC/C=C/CC/C=C/CCCCCC. The highest BCUT2D eigenvalue weighted by Gasteiger charge is 2.44. The molecular formula is C40H71NO8. The number of nitrogens with one attached hydrogen (secondary N) is 1. The van der Waals surface area contributed by atoms with Gasteiger partial charge >= 0.3 is 0 Å². The van der Waals surface area contributed by atoms with Crippen LogP contribution >= 0.6 is 0 Å². The van der Waals surface area contributed by atoms with Crippen molar-refractivity contribution in [3.8, 4) is 0 Å². The Labute approximate surface area is 297 Å². The molecule has 1 heterocycles. The number of hydrogen-bond donors (Lipinski definition) is 6. The maximum Gasteiger partial charge on any atom is 0.220 e. The highest BCUT2D eigenvalue weighted by Crippen LogP contribution is 2.22. The van der Waals surface area contributed by atoms with Crippen molar-refractivity contribution in [2.75, 3.05) is 13.2 Å². The van der Waals surface area contributed by atoms with Crippen molar-refractivity contribution in [1.82, 2.24) is 5.32 Å². The van der Waals surface area contributed by atoms with Crippen LogP contribution < -0.4 is 5.32 Å². The van der Waals surface area contributed by atoms with Crippen LogP contribution in [0.1, 0.15) is 142 Å². The zero-order valence-electron chi connectivity index (χ0n) is 30.7. The van der Waals surface area contributed by atoms with Gasteiger partial charge in [-0.2, -0.15) is 0 Å². The van der Waals surface area contributed by atoms with Crippen molar-refractivity contribution >= 4 is 5.91 Å². The van der Waals surface area contributed by atoms with Gasteiger partial charge in [0.2, 0.25) is 5.91 Å². The van der Waals surface area contributed by atoms with E-state index in [0.717, 1.165) is 77.0 Å². The van der Waals surface area contributed by atoms with E-state index in [4.69, 9.17) is 9.47 Å². The third kappa shape index (κ3) is 22.6. The fourth-order valence-electron chi connectivity index (χ4n) is 5.65. The molecule has 9 heteroatoms. The van der Waals surface area contributed by atoms with Gasteiger partial charge in [0.15, 0.2) is 6.29 Å². The van der Waals surface area contributed by atoms with Gasteiger partial charge in [-0.05, 0) is 70.6 Å². The van der Waals surface area contributed by atoms with E-state index in [-0.39, 0.29) is 12.5 Å². The summed E-state index contributed by atoms with van der Waals surface area (Å²) in [5.41, 5.74) is 0. The summed E-state index contributed by atoms with van der Waals surface area (Å²) in [6, 6.07) is -0.829. The molecule has 0 bridgehead atoms. The lowest BCUT2D eigenvalue weighted by atomic mass is 9.99. The molecule has 1 saturated heterocycles. The number of unbranched alkanes of at least 4 members (excludes halogenated alkanes) is 14. The average Bonchev–Trinajstić information content (AvgIpc) is 3.10. The number of aliphatic hydroxyl groups excluding tert-OH is 5. The molecular weight excluding hydrogens is 622 g/mol. The third-order valence-electron chi connectivity index (χ3n) is 8.85. The van der Waals surface area contributed by atoms with Gasteiger partial charge in [0.05, 0.1) is 25.4 Å². The standard InChI is InChI=1S/C40H71NO8/c1-3-5-7-9-11-13-15-17-18-19-21-23-25-27-29-34(43)33(32-48-40-39(47)38(46)37(45)35(31-42)49-40)41-36(44)30-28-26-24-22-20-16-14-12-10-8-6-4-2/h12-15,19,21,27,29,33-35,37-40,42-43,45-47H,3-11,16-18,20,22-26,28,30-32H2,1-2H3,(H,41,44)/b14-12-,15-13+,21-19+,29-27+. The second-order valence-electron chi connectivity index (χ2n) is 13.3. The fourth-order valence-corrected chi connectivity index (χ4v) is 5.65. The van der Waals surface area contributed by atoms with Crippen molar-refractivity contribution in [1.29, 1.82) is 0 Å². The van der Waals surface area contributed by atoms with Gasteiger partial charge < -0.3 is 40.3 Å². The van der Waals surface area contributed by atoms with E-state index >= 15 is 0 Å². The zero-order valence-corrected chi connectivity index (χ0v) is 30.7. The van der Waals surface area contributed by atoms with Crippen LogP contribution in [0, 0.1) is 0 Å². The molecule has 9 nitrogen and oxygen atoms in total. The van der Waals surface area contributed by atoms with E-state index in [0.29, 0.717) is 6.42 Å². The molecule has 6 N–H and O–H groups in total. The molecule has 0 aromatic heterocycles. The minimum atomic E-state index is -1.57. The highest BCUT2D eigenvalue weighted by molar-refractivity contribution is 5.76. The summed E-state index contributed by atoms with van der Waals surface area (Å²) in [6.45, 7) is 3.66. The predicted molar refractivity (Wildman–Crippen MR) is 198 cm³/mol. The molecule has 1 aliphatic rings. The molecule has 7 unspecified atom stereocenters. The maximum absolute atomic E-state index is 12.8. The lowest BCUT2D eigenvalue weighted by Gasteiger charge is -2.40. The number of carbonyl (C=O) groups excluding carboxylic acids is 1. The van der Waals surface area contributed by atoms with Crippen molar-refractivity contribution in [2.24, 2.45) is 0 Å². The fraction of sp³-hybridized carbons (Fsp3) is 0.775. The Morgan fingerprint density at radius 1 is 0.673 bits per heavy atom. The molecule has 0 spiro atoms. The van der Waals surface area contributed by atoms with Crippen LogP contribution in [-0.4, -0.2) is 87.5 Å². The Balaban J connectivity index is 2.52. The number of hydrogen-bond acceptors (Lipinski definition) is 8. The molecule has 49 heavy (non-hydrogen) atoms. The van der Waals surface area contributed by atoms with Crippen LogP contribution in [0.5, 0.6) is 0 Å². The van der Waals surface area contributed by atoms with Gasteiger partial charge in [-0.25, -0.2) is 0 Å². The van der Waals surface area contributed by atoms with Crippen LogP contribution in [0.3, 0.4) is 0 Å². The summed E-state index contributed by atoms with van der Waals surface area (Å²) < 4.78 is 11.1. The molecule has 1 fully saturated rings. The minimum absolute atomic E-state index is 0.206. The molecule has 0 saturated carbocycles. The van der Waals surface area contributed by atoms with Crippen molar-refractivity contribution in [3.05, 3.63) is 48.6 Å². The Bertz CT molecular complexity index is 905. The van der Waals surface area contributed by atoms with Crippen LogP contribution in [0.25, 0.3) is 0 Å². The second-order valence-corrected chi connectivity index (χ2v) is 13.3. The number of carbonyl (C=O) groups is 1. The number of rotatable bonds is 30. The first kappa shape index (κ1) is 45.2. The van der Waals surface area contributed by atoms with Crippen LogP contribution in [0.15, 0.2) is 48.6 Å². The van der Waals surface area contributed by atoms with Gasteiger partial charge in [-0.15, -0.1) is 0 Å². The predicted octanol–water partition coefficient (Wildman–Crippen LogP) is 6.72. The Morgan fingerprint density at radius 3 is 1.76 bits per heavy atom. The number of amides is 1. The van der Waals surface area contributed by atoms with E-state index < -0.39 is 49.5 Å². The van der Waals surface area contributed by atoms with E-state index in [1.165, 1.54) is 44.9 Å². The van der Waals surface area contributed by atoms with Crippen molar-refractivity contribution < 1.29 is 39.8 Å². The van der Waals surface area contributed by atoms with Gasteiger partial charge in [-0.3, -0.25) is 4.79 Å². The van der Waals surface area contributed by atoms with E-state index in [1.54, 1.807) is 6.08 Å². The third-order valence-corrected chi connectivity index (χ3v) is 8.85. The lowest BCUT2D eigenvalue weighted by Crippen LogP contribution is -2.60. The first-order valence-corrected chi connectivity index (χ1v) is 19.4. The number of allylic oxidation sites excluding steroid dienone is 7. The smallest absolute Gasteiger partial charge is 0.220 e. The summed E-state index contributed by atoms with van der Waals surface area (Å²) in [7, 11) is 0. The van der Waals surface area contributed by atoms with Crippen LogP contribution in [-0.2, 0) is 14.3 Å². The number of ether oxygens (including phenoxy) is 2. The van der Waals surface area contributed by atoms with E-state index in [2.05, 4.69) is 55.6 Å². The van der Waals surface area contributed by atoms with E-state index in [1.807, 2.05) is 6.08 Å². The Hall–Kier alpha value is -1.85. The van der Waals surface area contributed by atoms with Gasteiger partial charge in [0.25, 0.3) is 0 Å². The zero-order chi connectivity index (χ0) is 36.0. The largest absolute Gasteiger partial charge is 0.394 e. The molecule has 0 aromatic carbocycles. The molecule has 1 aliphatic heterocycles. The van der Waals surface area contributed by atoms with Gasteiger partial charge in [0.1, 0.15) is 24.4 Å². The monoisotopic (exact) mass is 694 g/mol. The summed E-state index contributed by atoms with van der Waals surface area (Å²) >= 11 is 0. The van der Waals surface area contributed by atoms with Gasteiger partial charge in [-0.1, -0.05) is 114 Å². The van der Waals surface area contributed by atoms with Crippen LogP contribution in [0.2, 0.25) is 0 Å². The molecule has 7 atom stereocenters. The van der Waals surface area contributed by atoms with Crippen molar-refractivity contribution in [2.45, 2.75) is 185 Å². The minimum Gasteiger partial charge on any atom is -0.394 e. The molecule has 1 amide bonds. The second kappa shape index (κ2) is 30.9. The summed E-state index contributed by atoms with van der Waals surface area (Å²) in [5.74, 6) is -0.206.